The molecule has 0 fully saturated rings. The van der Waals surface area contributed by atoms with Crippen molar-refractivity contribution in [2.75, 3.05) is 13.2 Å². The third-order valence-corrected chi connectivity index (χ3v) is 5.61. The van der Waals surface area contributed by atoms with E-state index in [1.807, 2.05) is 26.8 Å². The number of sulfonamides is 1. The molecule has 0 spiro atoms. The summed E-state index contributed by atoms with van der Waals surface area (Å²) < 4.78 is 27.1. The Balaban J connectivity index is 3.25. The highest BCUT2D eigenvalue weighted by molar-refractivity contribution is 7.89. The minimum atomic E-state index is -3.62. The molecule has 1 rings (SSSR count). The lowest BCUT2D eigenvalue weighted by Crippen LogP contribution is -2.41. The predicted molar refractivity (Wildman–Crippen MR) is 84.4 cm³/mol. The summed E-state index contributed by atoms with van der Waals surface area (Å²) in [4.78, 5) is 0.234. The minimum absolute atomic E-state index is 0.108. The van der Waals surface area contributed by atoms with Crippen molar-refractivity contribution in [3.8, 4) is 0 Å². The van der Waals surface area contributed by atoms with Crippen LogP contribution in [-0.2, 0) is 10.0 Å². The van der Waals surface area contributed by atoms with E-state index in [1.165, 1.54) is 4.31 Å². The quantitative estimate of drug-likeness (QED) is 0.767. The topological polar surface area (TPSA) is 83.6 Å². The van der Waals surface area contributed by atoms with Gasteiger partial charge in [0.25, 0.3) is 0 Å². The first-order chi connectivity index (χ1) is 9.88. The van der Waals surface area contributed by atoms with Crippen molar-refractivity contribution in [2.24, 2.45) is 5.73 Å². The summed E-state index contributed by atoms with van der Waals surface area (Å²) in [5, 5.41) is 9.20. The van der Waals surface area contributed by atoms with Crippen LogP contribution in [0.3, 0.4) is 0 Å². The highest BCUT2D eigenvalue weighted by Gasteiger charge is 2.29. The van der Waals surface area contributed by atoms with Crippen LogP contribution in [0.25, 0.3) is 0 Å². The van der Waals surface area contributed by atoms with E-state index in [2.05, 4.69) is 0 Å². The fraction of sp³-hybridized carbons (Fsp3) is 0.600. The van der Waals surface area contributed by atoms with Crippen LogP contribution >= 0.6 is 0 Å². The number of aliphatic hydroxyl groups is 1. The molecule has 6 heteroatoms. The molecule has 0 saturated carbocycles. The molecule has 0 aliphatic carbocycles. The van der Waals surface area contributed by atoms with Gasteiger partial charge in [-0.15, -0.1) is 0 Å². The predicted octanol–water partition coefficient (Wildman–Crippen LogP) is 1.88. The summed E-state index contributed by atoms with van der Waals surface area (Å²) >= 11 is 0. The molecule has 1 aromatic rings. The summed E-state index contributed by atoms with van der Waals surface area (Å²) in [6, 6.07) is 6.38. The van der Waals surface area contributed by atoms with E-state index in [-0.39, 0.29) is 30.1 Å². The zero-order chi connectivity index (χ0) is 16.0. The SMILES string of the molecule is CCC(CC)N(CCO)S(=O)(=O)c1cccc(C(C)N)c1. The first kappa shape index (κ1) is 18.1. The highest BCUT2D eigenvalue weighted by atomic mass is 32.2. The zero-order valence-electron chi connectivity index (χ0n) is 13.0. The molecule has 0 amide bonds. The van der Waals surface area contributed by atoms with Crippen LogP contribution in [0.2, 0.25) is 0 Å². The Morgan fingerprint density at radius 3 is 2.38 bits per heavy atom. The molecule has 0 aliphatic rings. The highest BCUT2D eigenvalue weighted by Crippen LogP contribution is 2.23. The number of aliphatic hydroxyl groups excluding tert-OH is 1. The van der Waals surface area contributed by atoms with E-state index in [1.54, 1.807) is 18.2 Å². The van der Waals surface area contributed by atoms with E-state index >= 15 is 0 Å². The van der Waals surface area contributed by atoms with E-state index in [9.17, 15) is 13.5 Å². The van der Waals surface area contributed by atoms with Crippen molar-refractivity contribution < 1.29 is 13.5 Å². The van der Waals surface area contributed by atoms with Crippen LogP contribution < -0.4 is 5.73 Å². The standard InChI is InChI=1S/C15H26N2O3S/c1-4-14(5-2)17(9-10-18)21(19,20)15-8-6-7-13(11-15)12(3)16/h6-8,11-12,14,18H,4-5,9-10,16H2,1-3H3. The molecule has 0 aromatic heterocycles. The second-order valence-electron chi connectivity index (χ2n) is 5.17. The Kier molecular flexibility index (Phi) is 6.80. The second kappa shape index (κ2) is 7.89. The Labute approximate surface area is 127 Å². The van der Waals surface area contributed by atoms with E-state index in [0.29, 0.717) is 12.8 Å². The first-order valence-electron chi connectivity index (χ1n) is 7.36. The summed E-state index contributed by atoms with van der Waals surface area (Å²) in [6.07, 6.45) is 1.42. The van der Waals surface area contributed by atoms with Gasteiger partial charge in [0.05, 0.1) is 11.5 Å². The van der Waals surface area contributed by atoms with Crippen LogP contribution in [0, 0.1) is 0 Å². The van der Waals surface area contributed by atoms with Crippen LogP contribution in [0.15, 0.2) is 29.2 Å². The number of benzene rings is 1. The van der Waals surface area contributed by atoms with Crippen molar-refractivity contribution in [1.29, 1.82) is 0 Å². The monoisotopic (exact) mass is 314 g/mol. The van der Waals surface area contributed by atoms with Crippen LogP contribution in [0.5, 0.6) is 0 Å². The van der Waals surface area contributed by atoms with Crippen molar-refractivity contribution >= 4 is 10.0 Å². The third kappa shape index (κ3) is 4.26. The maximum Gasteiger partial charge on any atom is 0.243 e. The van der Waals surface area contributed by atoms with Gasteiger partial charge in [0.2, 0.25) is 10.0 Å². The van der Waals surface area contributed by atoms with Crippen LogP contribution in [0.4, 0.5) is 0 Å². The van der Waals surface area contributed by atoms with Gasteiger partial charge in [-0.05, 0) is 37.5 Å². The smallest absolute Gasteiger partial charge is 0.243 e. The Morgan fingerprint density at radius 2 is 1.90 bits per heavy atom. The van der Waals surface area contributed by atoms with Gasteiger partial charge in [-0.2, -0.15) is 4.31 Å². The van der Waals surface area contributed by atoms with Crippen molar-refractivity contribution in [3.05, 3.63) is 29.8 Å². The Morgan fingerprint density at radius 1 is 1.29 bits per heavy atom. The molecule has 3 N–H and O–H groups in total. The lowest BCUT2D eigenvalue weighted by atomic mass is 10.1. The Hall–Kier alpha value is -0.950. The molecule has 1 unspecified atom stereocenters. The summed E-state index contributed by atoms with van der Waals surface area (Å²) in [5.41, 5.74) is 6.61. The summed E-state index contributed by atoms with van der Waals surface area (Å²) in [7, 11) is -3.62. The van der Waals surface area contributed by atoms with Gasteiger partial charge >= 0.3 is 0 Å². The van der Waals surface area contributed by atoms with Gasteiger partial charge in [-0.1, -0.05) is 26.0 Å². The molecule has 0 heterocycles. The average Bonchev–Trinajstić information content (AvgIpc) is 2.47. The molecule has 1 atom stereocenters. The number of nitrogens with two attached hydrogens (primary N) is 1. The van der Waals surface area contributed by atoms with E-state index in [0.717, 1.165) is 5.56 Å². The molecular weight excluding hydrogens is 288 g/mol. The van der Waals surface area contributed by atoms with Gasteiger partial charge in [-0.3, -0.25) is 0 Å². The molecule has 5 nitrogen and oxygen atoms in total. The third-order valence-electron chi connectivity index (χ3n) is 3.66. The number of nitrogens with zero attached hydrogens (tertiary/aromatic N) is 1. The fourth-order valence-corrected chi connectivity index (χ4v) is 4.21. The summed E-state index contributed by atoms with van der Waals surface area (Å²) in [6.45, 7) is 5.64. The van der Waals surface area contributed by atoms with Crippen molar-refractivity contribution in [1.82, 2.24) is 4.31 Å². The molecule has 1 aromatic carbocycles. The van der Waals surface area contributed by atoms with Gasteiger partial charge in [-0.25, -0.2) is 8.42 Å². The number of rotatable bonds is 8. The first-order valence-corrected chi connectivity index (χ1v) is 8.80. The lowest BCUT2D eigenvalue weighted by molar-refractivity contribution is 0.219. The van der Waals surface area contributed by atoms with Crippen molar-refractivity contribution in [2.45, 2.75) is 50.6 Å². The van der Waals surface area contributed by atoms with Crippen molar-refractivity contribution in [3.63, 3.8) is 0 Å². The molecule has 0 saturated heterocycles. The summed E-state index contributed by atoms with van der Waals surface area (Å²) in [5.74, 6) is 0. The number of hydrogen-bond acceptors (Lipinski definition) is 4. The zero-order valence-corrected chi connectivity index (χ0v) is 13.8. The van der Waals surface area contributed by atoms with E-state index in [4.69, 9.17) is 5.73 Å². The van der Waals surface area contributed by atoms with Gasteiger partial charge in [0.1, 0.15) is 0 Å². The Bertz CT molecular complexity index is 540. The molecule has 120 valence electrons. The molecular formula is C15H26N2O3S. The van der Waals surface area contributed by atoms with E-state index < -0.39 is 10.0 Å². The molecule has 0 bridgehead atoms. The lowest BCUT2D eigenvalue weighted by Gasteiger charge is -2.29. The fourth-order valence-electron chi connectivity index (χ4n) is 2.39. The molecule has 0 aliphatic heterocycles. The average molecular weight is 314 g/mol. The minimum Gasteiger partial charge on any atom is -0.395 e. The largest absolute Gasteiger partial charge is 0.395 e. The van der Waals surface area contributed by atoms with Crippen LogP contribution in [-0.4, -0.2) is 37.0 Å². The maximum atomic E-state index is 12.8. The second-order valence-corrected chi connectivity index (χ2v) is 7.06. The number of hydrogen-bond donors (Lipinski definition) is 2. The van der Waals surface area contributed by atoms with Gasteiger partial charge in [0.15, 0.2) is 0 Å². The molecule has 0 radical (unpaired) electrons. The van der Waals surface area contributed by atoms with Crippen LogP contribution in [0.1, 0.15) is 45.2 Å². The normalized spacial score (nSPS) is 13.9. The van der Waals surface area contributed by atoms with Gasteiger partial charge < -0.3 is 10.8 Å². The molecule has 21 heavy (non-hydrogen) atoms. The van der Waals surface area contributed by atoms with Gasteiger partial charge in [0, 0.05) is 18.6 Å². The maximum absolute atomic E-state index is 12.8.